The fourth-order valence-electron chi connectivity index (χ4n) is 2.64. The lowest BCUT2D eigenvalue weighted by atomic mass is 10.2. The molecule has 1 heterocycles. The van der Waals surface area contributed by atoms with Gasteiger partial charge in [-0.05, 0) is 38.1 Å². The van der Waals surface area contributed by atoms with E-state index < -0.39 is 27.3 Å². The zero-order valence-corrected chi connectivity index (χ0v) is 16.8. The van der Waals surface area contributed by atoms with Gasteiger partial charge in [0.25, 0.3) is 5.91 Å². The number of carbonyl (C=O) groups excluding carboxylic acids is 1. The molecule has 0 aliphatic rings. The fraction of sp³-hybridized carbons (Fsp3) is 0.222. The van der Waals surface area contributed by atoms with Crippen LogP contribution in [0.1, 0.15) is 30.2 Å². The minimum absolute atomic E-state index is 0.00864. The van der Waals surface area contributed by atoms with Crippen LogP contribution in [-0.4, -0.2) is 30.4 Å². The zero-order valence-electron chi connectivity index (χ0n) is 15.2. The van der Waals surface area contributed by atoms with E-state index >= 15 is 0 Å². The van der Waals surface area contributed by atoms with Crippen LogP contribution < -0.4 is 9.46 Å². The predicted molar refractivity (Wildman–Crippen MR) is 104 cm³/mol. The number of hydrogen-bond donors (Lipinski definition) is 1. The second kappa shape index (κ2) is 7.40. The van der Waals surface area contributed by atoms with Crippen molar-refractivity contribution < 1.29 is 22.3 Å². The molecule has 148 valence electrons. The zero-order chi connectivity index (χ0) is 20.6. The molecule has 0 saturated heterocycles. The molecule has 7 nitrogen and oxygen atoms in total. The van der Waals surface area contributed by atoms with Crippen LogP contribution in [0.3, 0.4) is 0 Å². The summed E-state index contributed by atoms with van der Waals surface area (Å²) in [6.07, 6.45) is 2.49. The molecule has 0 bridgehead atoms. The Bertz CT molecular complexity index is 1180. The summed E-state index contributed by atoms with van der Waals surface area (Å²) in [5, 5.41) is 5.11. The van der Waals surface area contributed by atoms with E-state index in [2.05, 4.69) is 5.10 Å². The maximum Gasteiger partial charge on any atom is 0.267 e. The Labute approximate surface area is 166 Å². The topological polar surface area (TPSA) is 90.3 Å². The molecule has 1 aromatic heterocycles. The van der Waals surface area contributed by atoms with Crippen molar-refractivity contribution >= 4 is 38.4 Å². The highest BCUT2D eigenvalue weighted by Gasteiger charge is 2.19. The molecule has 0 saturated carbocycles. The van der Waals surface area contributed by atoms with Crippen LogP contribution in [-0.2, 0) is 10.0 Å². The summed E-state index contributed by atoms with van der Waals surface area (Å²) in [6.45, 7) is 4.03. The number of benzene rings is 2. The number of fused-ring (bicyclic) bond motifs is 1. The van der Waals surface area contributed by atoms with Crippen LogP contribution in [0, 0.1) is 5.82 Å². The molecule has 0 fully saturated rings. The van der Waals surface area contributed by atoms with Crippen LogP contribution in [0.25, 0.3) is 10.9 Å². The highest BCUT2D eigenvalue weighted by molar-refractivity contribution is 7.89. The van der Waals surface area contributed by atoms with Crippen molar-refractivity contribution in [3.63, 3.8) is 0 Å². The van der Waals surface area contributed by atoms with Crippen molar-refractivity contribution in [1.82, 2.24) is 14.5 Å². The highest BCUT2D eigenvalue weighted by Crippen LogP contribution is 2.33. The van der Waals surface area contributed by atoms with E-state index in [9.17, 15) is 17.6 Å². The van der Waals surface area contributed by atoms with Crippen molar-refractivity contribution in [2.24, 2.45) is 0 Å². The van der Waals surface area contributed by atoms with E-state index in [0.29, 0.717) is 5.75 Å². The first-order chi connectivity index (χ1) is 13.0. The largest absolute Gasteiger partial charge is 0.456 e. The van der Waals surface area contributed by atoms with Gasteiger partial charge in [-0.25, -0.2) is 17.5 Å². The van der Waals surface area contributed by atoms with Gasteiger partial charge in [0.1, 0.15) is 17.3 Å². The van der Waals surface area contributed by atoms with Crippen LogP contribution in [0.5, 0.6) is 11.5 Å². The normalized spacial score (nSPS) is 11.8. The molecule has 3 rings (SSSR count). The molecule has 0 atom stereocenters. The number of sulfonamides is 1. The number of amides is 1. The smallest absolute Gasteiger partial charge is 0.267 e. The molecule has 0 unspecified atom stereocenters. The van der Waals surface area contributed by atoms with Gasteiger partial charge in [-0.2, -0.15) is 5.10 Å². The number of nitrogens with one attached hydrogen (secondary N) is 1. The lowest BCUT2D eigenvalue weighted by Crippen LogP contribution is -2.30. The quantitative estimate of drug-likeness (QED) is 0.669. The minimum Gasteiger partial charge on any atom is -0.456 e. The highest BCUT2D eigenvalue weighted by atomic mass is 35.5. The van der Waals surface area contributed by atoms with Gasteiger partial charge in [0.05, 0.1) is 28.6 Å². The van der Waals surface area contributed by atoms with Crippen molar-refractivity contribution in [3.05, 3.63) is 52.9 Å². The molecular formula is C18H17ClFN3O4S. The second-order valence-electron chi connectivity index (χ2n) is 6.47. The molecule has 0 aliphatic heterocycles. The van der Waals surface area contributed by atoms with E-state index in [-0.39, 0.29) is 16.8 Å². The number of carbonyl (C=O) groups is 1. The van der Waals surface area contributed by atoms with Gasteiger partial charge in [-0.1, -0.05) is 11.6 Å². The second-order valence-corrected chi connectivity index (χ2v) is 8.63. The van der Waals surface area contributed by atoms with Crippen LogP contribution >= 0.6 is 11.6 Å². The summed E-state index contributed by atoms with van der Waals surface area (Å²) in [5.41, 5.74) is 0.420. The molecule has 28 heavy (non-hydrogen) atoms. The average molecular weight is 426 g/mol. The molecule has 2 aromatic carbocycles. The number of aromatic nitrogens is 2. The molecule has 1 N–H and O–H groups in total. The van der Waals surface area contributed by atoms with E-state index in [1.165, 1.54) is 0 Å². The Balaban J connectivity index is 1.89. The fourth-order valence-corrected chi connectivity index (χ4v) is 3.29. The third kappa shape index (κ3) is 4.26. The Morgan fingerprint density at radius 3 is 2.64 bits per heavy atom. The molecule has 1 amide bonds. The summed E-state index contributed by atoms with van der Waals surface area (Å²) in [5.74, 6) is -1.68. The van der Waals surface area contributed by atoms with Gasteiger partial charge in [-0.3, -0.25) is 9.48 Å². The first-order valence-electron chi connectivity index (χ1n) is 8.21. The summed E-state index contributed by atoms with van der Waals surface area (Å²) in [7, 11) is -3.83. The summed E-state index contributed by atoms with van der Waals surface area (Å²) < 4.78 is 45.8. The van der Waals surface area contributed by atoms with E-state index in [0.717, 1.165) is 29.3 Å². The predicted octanol–water partition coefficient (Wildman–Crippen LogP) is 3.89. The molecule has 0 spiro atoms. The molecule has 0 aliphatic carbocycles. The molecular weight excluding hydrogens is 409 g/mol. The lowest BCUT2D eigenvalue weighted by Gasteiger charge is -2.11. The van der Waals surface area contributed by atoms with Crippen molar-refractivity contribution in [3.8, 4) is 11.5 Å². The molecule has 10 heteroatoms. The average Bonchev–Trinajstić information content (AvgIpc) is 2.99. The van der Waals surface area contributed by atoms with E-state index in [1.807, 2.05) is 24.6 Å². The first-order valence-corrected chi connectivity index (χ1v) is 10.5. The van der Waals surface area contributed by atoms with Gasteiger partial charge in [-0.15, -0.1) is 0 Å². The van der Waals surface area contributed by atoms with Crippen LogP contribution in [0.4, 0.5) is 4.39 Å². The molecule has 3 aromatic rings. The first kappa shape index (κ1) is 20.1. The maximum absolute atomic E-state index is 14.3. The van der Waals surface area contributed by atoms with Crippen LogP contribution in [0.2, 0.25) is 5.02 Å². The number of rotatable bonds is 5. The van der Waals surface area contributed by atoms with Gasteiger partial charge in [0, 0.05) is 17.5 Å². The number of halogens is 2. The Morgan fingerprint density at radius 2 is 2.00 bits per heavy atom. The summed E-state index contributed by atoms with van der Waals surface area (Å²) in [6, 6.07) is 7.40. The van der Waals surface area contributed by atoms with Gasteiger partial charge in [0.2, 0.25) is 10.0 Å². The van der Waals surface area contributed by atoms with Crippen LogP contribution in [0.15, 0.2) is 36.5 Å². The number of hydrogen-bond acceptors (Lipinski definition) is 5. The van der Waals surface area contributed by atoms with Crippen molar-refractivity contribution in [2.45, 2.75) is 19.9 Å². The Hall–Kier alpha value is -2.65. The van der Waals surface area contributed by atoms with Gasteiger partial charge in [0.15, 0.2) is 0 Å². The Kier molecular flexibility index (Phi) is 5.31. The summed E-state index contributed by atoms with van der Waals surface area (Å²) >= 11 is 6.09. The SMILES string of the molecule is CC(C)n1ncc2cc(Oc3cc(F)c(C(=O)NS(C)(=O)=O)cc3Cl)ccc21. The number of nitrogens with zero attached hydrogens (tertiary/aromatic N) is 2. The minimum atomic E-state index is -3.83. The number of ether oxygens (including phenoxy) is 1. The monoisotopic (exact) mass is 425 g/mol. The third-order valence-corrected chi connectivity index (χ3v) is 4.68. The summed E-state index contributed by atoms with van der Waals surface area (Å²) in [4.78, 5) is 11.9. The maximum atomic E-state index is 14.3. The van der Waals surface area contributed by atoms with Gasteiger partial charge < -0.3 is 4.74 Å². The molecule has 0 radical (unpaired) electrons. The Morgan fingerprint density at radius 1 is 1.29 bits per heavy atom. The standard InChI is InChI=1S/C18H17ClFN3O4S/c1-10(2)23-16-5-4-12(6-11(16)9-21-23)27-17-8-15(20)13(7-14(17)19)18(24)22-28(3,25)26/h4-10H,1-3H3,(H,22,24). The van der Waals surface area contributed by atoms with Crippen molar-refractivity contribution in [1.29, 1.82) is 0 Å². The van der Waals surface area contributed by atoms with E-state index in [1.54, 1.807) is 23.1 Å². The third-order valence-electron chi connectivity index (χ3n) is 3.83. The lowest BCUT2D eigenvalue weighted by molar-refractivity contribution is 0.0977. The van der Waals surface area contributed by atoms with E-state index in [4.69, 9.17) is 16.3 Å². The van der Waals surface area contributed by atoms with Gasteiger partial charge >= 0.3 is 0 Å². The van der Waals surface area contributed by atoms with Crippen molar-refractivity contribution in [2.75, 3.05) is 6.26 Å².